The summed E-state index contributed by atoms with van der Waals surface area (Å²) in [6.45, 7) is 0. The highest BCUT2D eigenvalue weighted by molar-refractivity contribution is 5.77. The van der Waals surface area contributed by atoms with E-state index in [-0.39, 0.29) is 5.96 Å². The summed E-state index contributed by atoms with van der Waals surface area (Å²) in [6, 6.07) is 0. The third kappa shape index (κ3) is 0.291. The summed E-state index contributed by atoms with van der Waals surface area (Å²) in [5, 5.41) is 9.39. The molecule has 1 aliphatic rings. The Balaban J connectivity index is 2.61. The molecule has 5 nitrogen and oxygen atoms in total. The Hall–Kier alpha value is -1.13. The van der Waals surface area contributed by atoms with E-state index in [9.17, 15) is 0 Å². The summed E-state index contributed by atoms with van der Waals surface area (Å²) in [6.07, 6.45) is 0. The maximum atomic E-state index is 4.93. The van der Waals surface area contributed by atoms with Crippen LogP contribution in [0.15, 0.2) is 15.5 Å². The van der Waals surface area contributed by atoms with Crippen molar-refractivity contribution in [3.05, 3.63) is 0 Å². The van der Waals surface area contributed by atoms with Crippen molar-refractivity contribution >= 4 is 5.96 Å². The Kier molecular flexibility index (Phi) is 0.474. The molecular weight excluding hydrogens is 82.0 g/mol. The Bertz CT molecular complexity index is 101. The van der Waals surface area contributed by atoms with Gasteiger partial charge in [-0.3, -0.25) is 0 Å². The summed E-state index contributed by atoms with van der Waals surface area (Å²) in [5.41, 5.74) is 8.15. The quantitative estimate of drug-likeness (QED) is 0.409. The van der Waals surface area contributed by atoms with Gasteiger partial charge in [0.2, 0.25) is 0 Å². The average Bonchev–Trinajstić information content (AvgIpc) is 1.86. The van der Waals surface area contributed by atoms with E-state index in [0.717, 1.165) is 0 Å². The number of rotatable bonds is 0. The number of nitrogens with zero attached hydrogens (tertiary/aromatic N) is 4. The van der Waals surface area contributed by atoms with Crippen LogP contribution in [0.2, 0.25) is 0 Å². The average molecular weight is 84.1 g/mol. The molecular formula is CH2N5. The van der Waals surface area contributed by atoms with Crippen molar-refractivity contribution in [2.24, 2.45) is 21.3 Å². The summed E-state index contributed by atoms with van der Waals surface area (Å²) in [5.74, 6) is 0.120. The van der Waals surface area contributed by atoms with Crippen molar-refractivity contribution in [1.29, 1.82) is 0 Å². The topological polar surface area (TPSA) is 77.2 Å². The fraction of sp³-hybridized carbons (Fsp3) is 0. The van der Waals surface area contributed by atoms with E-state index < -0.39 is 0 Å². The second-order valence-corrected chi connectivity index (χ2v) is 0.737. The molecule has 0 spiro atoms. The lowest BCUT2D eigenvalue weighted by atomic mass is 11.1. The molecule has 0 saturated carbocycles. The first-order chi connectivity index (χ1) is 2.89. The highest BCUT2D eigenvalue weighted by atomic mass is 15.6. The Morgan fingerprint density at radius 3 is 2.33 bits per heavy atom. The molecule has 1 aliphatic heterocycles. The van der Waals surface area contributed by atoms with Gasteiger partial charge in [-0.05, 0) is 10.4 Å². The molecule has 6 heavy (non-hydrogen) atoms. The molecule has 0 aromatic rings. The van der Waals surface area contributed by atoms with Gasteiger partial charge < -0.3 is 5.73 Å². The minimum Gasteiger partial charge on any atom is -0.365 e. The Labute approximate surface area is 33.9 Å². The molecule has 5 heteroatoms. The van der Waals surface area contributed by atoms with Crippen molar-refractivity contribution in [3.8, 4) is 0 Å². The van der Waals surface area contributed by atoms with E-state index in [0.29, 0.717) is 0 Å². The van der Waals surface area contributed by atoms with E-state index in [1.54, 1.807) is 0 Å². The molecule has 2 N–H and O–H groups in total. The van der Waals surface area contributed by atoms with Crippen molar-refractivity contribution in [1.82, 2.24) is 5.43 Å². The van der Waals surface area contributed by atoms with Gasteiger partial charge in [-0.1, -0.05) is 10.5 Å². The zero-order valence-electron chi connectivity index (χ0n) is 2.87. The molecule has 1 heterocycles. The lowest BCUT2D eigenvalue weighted by Crippen LogP contribution is -2.16. The van der Waals surface area contributed by atoms with E-state index in [2.05, 4.69) is 21.0 Å². The number of hydrogen-bond acceptors (Lipinski definition) is 4. The fourth-order valence-electron chi connectivity index (χ4n) is 0.152. The lowest BCUT2D eigenvalue weighted by molar-refractivity contribution is 0.919. The number of nitrogens with two attached hydrogens (primary N) is 1. The van der Waals surface area contributed by atoms with Crippen LogP contribution >= 0.6 is 0 Å². The molecule has 0 aromatic carbocycles. The normalized spacial score (nSPS) is 17.0. The van der Waals surface area contributed by atoms with Crippen LogP contribution in [0.5, 0.6) is 0 Å². The molecule has 0 aliphatic carbocycles. The maximum Gasteiger partial charge on any atom is 0.263 e. The minimum atomic E-state index is 0.120. The number of hydrogen-bond donors (Lipinski definition) is 1. The van der Waals surface area contributed by atoms with Crippen LogP contribution in [0.4, 0.5) is 0 Å². The van der Waals surface area contributed by atoms with E-state index >= 15 is 0 Å². The second kappa shape index (κ2) is 0.925. The van der Waals surface area contributed by atoms with Gasteiger partial charge in [0, 0.05) is 0 Å². The van der Waals surface area contributed by atoms with Crippen LogP contribution in [0.3, 0.4) is 0 Å². The summed E-state index contributed by atoms with van der Waals surface area (Å²) in [4.78, 5) is 0. The van der Waals surface area contributed by atoms with Crippen LogP contribution in [-0.4, -0.2) is 5.96 Å². The first kappa shape index (κ1) is 3.08. The van der Waals surface area contributed by atoms with Gasteiger partial charge in [0.05, 0.1) is 0 Å². The highest BCUT2D eigenvalue weighted by Gasteiger charge is 1.93. The minimum absolute atomic E-state index is 0.120. The molecule has 0 amide bonds. The van der Waals surface area contributed by atoms with Crippen LogP contribution in [0, 0.1) is 0 Å². The van der Waals surface area contributed by atoms with Crippen molar-refractivity contribution < 1.29 is 0 Å². The fourth-order valence-corrected chi connectivity index (χ4v) is 0.152. The largest absolute Gasteiger partial charge is 0.365 e. The zero-order chi connectivity index (χ0) is 4.41. The SMILES string of the molecule is NC1=NN=N[N]1. The van der Waals surface area contributed by atoms with Gasteiger partial charge in [-0.15, -0.1) is 0 Å². The summed E-state index contributed by atoms with van der Waals surface area (Å²) in [7, 11) is 0. The monoisotopic (exact) mass is 84.0 g/mol. The highest BCUT2D eigenvalue weighted by Crippen LogP contribution is 1.81. The first-order valence-corrected chi connectivity index (χ1v) is 1.34. The molecule has 0 atom stereocenters. The van der Waals surface area contributed by atoms with Gasteiger partial charge in [-0.25, -0.2) is 0 Å². The maximum absolute atomic E-state index is 4.93. The molecule has 31 valence electrons. The summed E-state index contributed by atoms with van der Waals surface area (Å²) < 4.78 is 0. The summed E-state index contributed by atoms with van der Waals surface area (Å²) >= 11 is 0. The predicted molar refractivity (Wildman–Crippen MR) is 18.6 cm³/mol. The van der Waals surface area contributed by atoms with Crippen LogP contribution in [-0.2, 0) is 0 Å². The second-order valence-electron chi connectivity index (χ2n) is 0.737. The zero-order valence-corrected chi connectivity index (χ0v) is 2.87. The third-order valence-corrected chi connectivity index (χ3v) is 0.334. The standard InChI is InChI=1S/CH2N5/c2-1-3-5-6-4-1/h(H2,2,3,6). The van der Waals surface area contributed by atoms with Gasteiger partial charge in [-0.2, -0.15) is 0 Å². The van der Waals surface area contributed by atoms with Gasteiger partial charge in [0.25, 0.3) is 5.96 Å². The molecule has 0 bridgehead atoms. The van der Waals surface area contributed by atoms with Crippen LogP contribution < -0.4 is 11.2 Å². The third-order valence-electron chi connectivity index (χ3n) is 0.334. The van der Waals surface area contributed by atoms with Gasteiger partial charge >= 0.3 is 0 Å². The predicted octanol–water partition coefficient (Wildman–Crippen LogP) is -0.799. The smallest absolute Gasteiger partial charge is 0.263 e. The lowest BCUT2D eigenvalue weighted by Gasteiger charge is -1.73. The van der Waals surface area contributed by atoms with Crippen molar-refractivity contribution in [3.63, 3.8) is 0 Å². The molecule has 1 rings (SSSR count). The first-order valence-electron chi connectivity index (χ1n) is 1.34. The molecule has 1 radical (unpaired) electrons. The van der Waals surface area contributed by atoms with Crippen LogP contribution in [0.25, 0.3) is 0 Å². The Morgan fingerprint density at radius 2 is 2.17 bits per heavy atom. The Morgan fingerprint density at radius 1 is 1.33 bits per heavy atom. The van der Waals surface area contributed by atoms with E-state index in [1.165, 1.54) is 0 Å². The van der Waals surface area contributed by atoms with Crippen LogP contribution in [0.1, 0.15) is 0 Å². The number of guanidine groups is 1. The van der Waals surface area contributed by atoms with Gasteiger partial charge in [0.15, 0.2) is 0 Å². The van der Waals surface area contributed by atoms with Crippen molar-refractivity contribution in [2.45, 2.75) is 0 Å². The van der Waals surface area contributed by atoms with Gasteiger partial charge in [0.1, 0.15) is 0 Å². The molecule has 0 unspecified atom stereocenters. The van der Waals surface area contributed by atoms with E-state index in [1.807, 2.05) is 0 Å². The van der Waals surface area contributed by atoms with Crippen molar-refractivity contribution in [2.75, 3.05) is 0 Å². The molecule has 0 aromatic heterocycles. The molecule has 0 saturated heterocycles. The van der Waals surface area contributed by atoms with E-state index in [4.69, 9.17) is 5.73 Å². The molecule has 0 fully saturated rings.